The van der Waals surface area contributed by atoms with Crippen molar-refractivity contribution in [3.05, 3.63) is 29.3 Å². The average molecular weight is 759 g/mol. The van der Waals surface area contributed by atoms with Gasteiger partial charge < -0.3 is 39.8 Å². The van der Waals surface area contributed by atoms with E-state index in [1.807, 2.05) is 0 Å². The summed E-state index contributed by atoms with van der Waals surface area (Å²) >= 11 is 5.28. The van der Waals surface area contributed by atoms with Gasteiger partial charge in [0.2, 0.25) is 5.95 Å². The summed E-state index contributed by atoms with van der Waals surface area (Å²) < 4.78 is 60.7. The highest BCUT2D eigenvalue weighted by molar-refractivity contribution is 8.07. The van der Waals surface area contributed by atoms with Crippen molar-refractivity contribution in [2.24, 2.45) is 0 Å². The molecule has 3 fully saturated rings. The Balaban J connectivity index is 0.000000561. The standard InChI is InChI=1S/C20H24N11O9PS2.C6H15N/c21-15-13-16(24-5-23-15)30(6-25-13)12-2-9-11(38-12)3-27-43(34,35)40-10-1-8(4-36-41(33,42)39-9)37-19(10)31-7-26-14-17(31)28-20(22)29-18(14)32;1-4-7(5-2)6-3/h5-12,19,27H,1-4H2,(H,33,42)(H2,21,23,24)(H3,22,28,29,32);4-6H2,1-3H3/t8-,9-,10+,11+,12+,19-,41?;/m0./s1. The van der Waals surface area contributed by atoms with Gasteiger partial charge in [-0.3, -0.25) is 18.9 Å². The largest absolute Gasteiger partial charge is 0.382 e. The van der Waals surface area contributed by atoms with Crippen LogP contribution in [0, 0.1) is 0 Å². The Morgan fingerprint density at radius 3 is 2.44 bits per heavy atom. The third kappa shape index (κ3) is 7.82. The van der Waals surface area contributed by atoms with Crippen LogP contribution in [0.15, 0.2) is 23.8 Å². The first-order valence-electron chi connectivity index (χ1n) is 15.8. The van der Waals surface area contributed by atoms with Crippen LogP contribution in [0.3, 0.4) is 0 Å². The smallest absolute Gasteiger partial charge is 0.336 e. The molecule has 0 amide bonds. The molecule has 0 radical (unpaired) electrons. The number of H-pyrrole nitrogens is 1. The number of anilines is 2. The van der Waals surface area contributed by atoms with Gasteiger partial charge in [0.1, 0.15) is 30.3 Å². The molecule has 3 aliphatic heterocycles. The van der Waals surface area contributed by atoms with Gasteiger partial charge in [-0.2, -0.15) is 18.1 Å². The Morgan fingerprint density at radius 2 is 1.72 bits per heavy atom. The highest BCUT2D eigenvalue weighted by Gasteiger charge is 2.45. The maximum absolute atomic E-state index is 13.1. The number of hydrogen-bond acceptors (Lipinski definition) is 17. The second-order valence-corrected chi connectivity index (χ2v) is 15.8. The molecule has 274 valence electrons. The monoisotopic (exact) mass is 758 g/mol. The van der Waals surface area contributed by atoms with E-state index in [4.69, 9.17) is 46.0 Å². The zero-order valence-corrected chi connectivity index (χ0v) is 29.9. The molecule has 2 bridgehead atoms. The fourth-order valence-electron chi connectivity index (χ4n) is 5.96. The van der Waals surface area contributed by atoms with Gasteiger partial charge in [0.15, 0.2) is 28.9 Å². The van der Waals surface area contributed by atoms with E-state index in [0.29, 0.717) is 11.2 Å². The Bertz CT molecular complexity index is 2040. The van der Waals surface area contributed by atoms with Crippen molar-refractivity contribution in [3.63, 3.8) is 0 Å². The van der Waals surface area contributed by atoms with Crippen LogP contribution in [0.2, 0.25) is 0 Å². The highest BCUT2D eigenvalue weighted by Crippen LogP contribution is 2.50. The van der Waals surface area contributed by atoms with Gasteiger partial charge in [0.05, 0.1) is 31.5 Å². The molecule has 0 spiro atoms. The summed E-state index contributed by atoms with van der Waals surface area (Å²) in [7, 11) is -4.42. The van der Waals surface area contributed by atoms with E-state index in [1.165, 1.54) is 43.2 Å². The van der Waals surface area contributed by atoms with Crippen LogP contribution < -0.4 is 21.7 Å². The molecule has 24 heteroatoms. The van der Waals surface area contributed by atoms with Crippen LogP contribution in [0.5, 0.6) is 0 Å². The predicted molar refractivity (Wildman–Crippen MR) is 182 cm³/mol. The highest BCUT2D eigenvalue weighted by atomic mass is 32.5. The second-order valence-electron chi connectivity index (χ2n) is 11.6. The number of nitrogens with two attached hydrogens (primary N) is 2. The van der Waals surface area contributed by atoms with Crippen molar-refractivity contribution < 1.29 is 36.0 Å². The lowest BCUT2D eigenvalue weighted by atomic mass is 10.2. The number of nitrogens with one attached hydrogen (secondary N) is 2. The molecule has 3 aliphatic rings. The van der Waals surface area contributed by atoms with Gasteiger partial charge in [0, 0.05) is 19.4 Å². The van der Waals surface area contributed by atoms with Crippen LogP contribution in [0.1, 0.15) is 46.1 Å². The maximum Gasteiger partial charge on any atom is 0.336 e. The number of rotatable bonds is 5. The summed E-state index contributed by atoms with van der Waals surface area (Å²) in [6, 6.07) is 0. The molecule has 7 heterocycles. The summed E-state index contributed by atoms with van der Waals surface area (Å²) in [6.07, 6.45) is -1.46. The number of nitrogens with zero attached hydrogens (tertiary/aromatic N) is 8. The van der Waals surface area contributed by atoms with Crippen molar-refractivity contribution in [2.75, 3.05) is 44.3 Å². The molecule has 50 heavy (non-hydrogen) atoms. The molecule has 3 saturated heterocycles. The Hall–Kier alpha value is -3.22. The normalized spacial score (nSPS) is 29.9. The lowest BCUT2D eigenvalue weighted by Gasteiger charge is -2.25. The molecule has 7 N–H and O–H groups in total. The topological polar surface area (TPSA) is 275 Å². The van der Waals surface area contributed by atoms with Crippen LogP contribution >= 0.6 is 6.72 Å². The summed E-state index contributed by atoms with van der Waals surface area (Å²) in [5.74, 6) is 0.00259. The molecule has 0 aliphatic carbocycles. The molecule has 21 nitrogen and oxygen atoms in total. The summed E-state index contributed by atoms with van der Waals surface area (Å²) in [5.41, 5.74) is 11.8. The van der Waals surface area contributed by atoms with E-state index >= 15 is 0 Å². The van der Waals surface area contributed by atoms with Crippen molar-refractivity contribution in [1.82, 2.24) is 48.7 Å². The first-order valence-corrected chi connectivity index (χ1v) is 19.8. The van der Waals surface area contributed by atoms with Crippen LogP contribution in [-0.2, 0) is 44.8 Å². The minimum absolute atomic E-state index is 0.00335. The van der Waals surface area contributed by atoms with Crippen molar-refractivity contribution in [2.45, 2.75) is 70.5 Å². The molecule has 7 rings (SSSR count). The fraction of sp³-hybridized carbons (Fsp3) is 0.615. The number of aromatic nitrogens is 8. The average Bonchev–Trinajstić information content (AvgIpc) is 3.85. The van der Waals surface area contributed by atoms with E-state index in [2.05, 4.69) is 60.3 Å². The number of fused-ring (bicyclic) bond motifs is 5. The van der Waals surface area contributed by atoms with Gasteiger partial charge in [-0.05, 0) is 31.4 Å². The minimum atomic E-state index is -4.42. The van der Waals surface area contributed by atoms with Gasteiger partial charge in [-0.15, -0.1) is 0 Å². The summed E-state index contributed by atoms with van der Waals surface area (Å²) in [5, 5.41) is 0. The SMILES string of the molecule is CCN(CC)CC.Nc1nc2c(ncn2[C@H]2O[C@@H]3COP(O)(=S)O[C@H]4C[C@H](n5cnc6c(N)ncnc65)O[C@@H]4CNS(=O)(=O)O[C@@H]2C3)c(=O)[nH]1. The van der Waals surface area contributed by atoms with Crippen LogP contribution in [-0.4, -0.2) is 114 Å². The van der Waals surface area contributed by atoms with Gasteiger partial charge in [-0.1, -0.05) is 20.8 Å². The lowest BCUT2D eigenvalue weighted by Crippen LogP contribution is -2.40. The number of hydrogen-bond donors (Lipinski definition) is 5. The van der Waals surface area contributed by atoms with Gasteiger partial charge in [-0.25, -0.2) is 24.1 Å². The zero-order valence-electron chi connectivity index (χ0n) is 27.4. The summed E-state index contributed by atoms with van der Waals surface area (Å²) in [4.78, 5) is 48.5. The molecule has 0 aromatic carbocycles. The molecule has 4 aromatic rings. The zero-order chi connectivity index (χ0) is 35.8. The van der Waals surface area contributed by atoms with E-state index in [-0.39, 0.29) is 48.9 Å². The Labute approximate surface area is 291 Å². The number of aromatic amines is 1. The molecule has 0 saturated carbocycles. The van der Waals surface area contributed by atoms with Gasteiger partial charge in [0.25, 0.3) is 5.56 Å². The lowest BCUT2D eigenvalue weighted by molar-refractivity contribution is -0.0454. The van der Waals surface area contributed by atoms with Crippen molar-refractivity contribution in [1.29, 1.82) is 0 Å². The minimum Gasteiger partial charge on any atom is -0.382 e. The van der Waals surface area contributed by atoms with Gasteiger partial charge >= 0.3 is 17.0 Å². The third-order valence-electron chi connectivity index (χ3n) is 8.49. The van der Waals surface area contributed by atoms with E-state index in [9.17, 15) is 18.1 Å². The van der Waals surface area contributed by atoms with Crippen LogP contribution in [0.25, 0.3) is 22.3 Å². The first-order chi connectivity index (χ1) is 23.8. The summed E-state index contributed by atoms with van der Waals surface area (Å²) in [6.45, 7) is 5.67. The maximum atomic E-state index is 13.1. The number of nitrogen functional groups attached to an aromatic ring is 2. The quantitative estimate of drug-likeness (QED) is 0.166. The fourth-order valence-corrected chi connectivity index (χ4v) is 8.39. The number of imidazole rings is 2. The predicted octanol–water partition coefficient (Wildman–Crippen LogP) is -0.101. The second kappa shape index (κ2) is 14.8. The van der Waals surface area contributed by atoms with Crippen molar-refractivity contribution in [3.8, 4) is 0 Å². The van der Waals surface area contributed by atoms with E-state index in [0.717, 1.165) is 0 Å². The number of ether oxygens (including phenoxy) is 2. The Kier molecular flexibility index (Phi) is 10.8. The Morgan fingerprint density at radius 1 is 1.00 bits per heavy atom. The molecule has 1 unspecified atom stereocenters. The third-order valence-corrected chi connectivity index (χ3v) is 11.1. The molecular weight excluding hydrogens is 719 g/mol. The first kappa shape index (κ1) is 36.6. The molecular formula is C26H39N12O9PS2. The van der Waals surface area contributed by atoms with Crippen molar-refractivity contribution >= 4 is 62.9 Å². The van der Waals surface area contributed by atoms with Crippen LogP contribution in [0.4, 0.5) is 11.8 Å². The van der Waals surface area contributed by atoms with E-state index in [1.54, 1.807) is 4.57 Å². The molecule has 4 aromatic heterocycles. The molecule has 7 atom stereocenters. The van der Waals surface area contributed by atoms with E-state index < -0.39 is 59.5 Å².